The number of aromatic nitrogens is 1. The molecule has 0 fully saturated rings. The van der Waals surface area contributed by atoms with Crippen molar-refractivity contribution >= 4 is 5.69 Å². The molecule has 0 spiro atoms. The molecule has 2 aromatic rings. The fourth-order valence-electron chi connectivity index (χ4n) is 1.94. The Labute approximate surface area is 112 Å². The van der Waals surface area contributed by atoms with Crippen LogP contribution in [0.15, 0.2) is 42.7 Å². The number of pyridine rings is 1. The van der Waals surface area contributed by atoms with Gasteiger partial charge in [0.25, 0.3) is 0 Å². The summed E-state index contributed by atoms with van der Waals surface area (Å²) >= 11 is 0. The molecule has 0 amide bonds. The topological polar surface area (TPSA) is 36.4 Å². The third kappa shape index (κ3) is 3.29. The summed E-state index contributed by atoms with van der Waals surface area (Å²) in [5.41, 5.74) is 2.16. The summed E-state index contributed by atoms with van der Waals surface area (Å²) in [4.78, 5) is 5.78. The molecule has 0 saturated heterocycles. The molecular weight excluding hydrogens is 243 g/mol. The predicted molar refractivity (Wildman–Crippen MR) is 73.4 cm³/mol. The fraction of sp³-hybridized carbons (Fsp3) is 0.267. The van der Waals surface area contributed by atoms with Crippen LogP contribution in [0, 0.1) is 5.82 Å². The Hall–Kier alpha value is -1.94. The zero-order valence-electron chi connectivity index (χ0n) is 11.0. The lowest BCUT2D eigenvalue weighted by molar-refractivity contribution is 0.199. The first kappa shape index (κ1) is 13.5. The van der Waals surface area contributed by atoms with Crippen LogP contribution in [0.5, 0.6) is 0 Å². The summed E-state index contributed by atoms with van der Waals surface area (Å²) < 4.78 is 14.0. The molecule has 19 heavy (non-hydrogen) atoms. The van der Waals surface area contributed by atoms with E-state index in [0.717, 1.165) is 5.56 Å². The molecule has 1 N–H and O–H groups in total. The number of aliphatic hydroxyl groups excluding tert-OH is 1. The number of nitrogens with zero attached hydrogens (tertiary/aromatic N) is 2. The Morgan fingerprint density at radius 3 is 2.53 bits per heavy atom. The molecule has 0 radical (unpaired) electrons. The monoisotopic (exact) mass is 260 g/mol. The highest BCUT2D eigenvalue weighted by Crippen LogP contribution is 2.23. The summed E-state index contributed by atoms with van der Waals surface area (Å²) in [6.07, 6.45) is 2.78. The number of halogens is 1. The molecule has 1 aromatic heterocycles. The number of anilines is 1. The molecule has 0 aliphatic carbocycles. The molecule has 0 unspecified atom stereocenters. The molecule has 0 bridgehead atoms. The molecule has 100 valence electrons. The lowest BCUT2D eigenvalue weighted by atomic mass is 10.1. The smallest absolute Gasteiger partial charge is 0.146 e. The summed E-state index contributed by atoms with van der Waals surface area (Å²) in [6, 6.07) is 8.62. The van der Waals surface area contributed by atoms with Crippen molar-refractivity contribution in [3.8, 4) is 0 Å². The molecule has 2 rings (SSSR count). The first-order valence-corrected chi connectivity index (χ1v) is 6.15. The van der Waals surface area contributed by atoms with Crippen molar-refractivity contribution in [1.82, 2.24) is 4.98 Å². The Morgan fingerprint density at radius 2 is 1.95 bits per heavy atom. The normalized spacial score (nSPS) is 12.2. The van der Waals surface area contributed by atoms with Gasteiger partial charge in [-0.15, -0.1) is 0 Å². The minimum atomic E-state index is -0.658. The third-order valence-corrected chi connectivity index (χ3v) is 3.03. The Morgan fingerprint density at radius 1 is 1.26 bits per heavy atom. The van der Waals surface area contributed by atoms with E-state index < -0.39 is 6.10 Å². The molecule has 1 atom stereocenters. The van der Waals surface area contributed by atoms with E-state index in [-0.39, 0.29) is 5.82 Å². The molecular formula is C15H17FN2O. The van der Waals surface area contributed by atoms with Gasteiger partial charge in [-0.25, -0.2) is 4.39 Å². The number of hydrogen-bond donors (Lipinski definition) is 1. The second-order valence-corrected chi connectivity index (χ2v) is 4.60. The van der Waals surface area contributed by atoms with Crippen LogP contribution in [-0.2, 0) is 6.54 Å². The van der Waals surface area contributed by atoms with Crippen LogP contribution in [0.4, 0.5) is 10.1 Å². The van der Waals surface area contributed by atoms with Crippen molar-refractivity contribution in [1.29, 1.82) is 0 Å². The zero-order valence-corrected chi connectivity index (χ0v) is 11.0. The summed E-state index contributed by atoms with van der Waals surface area (Å²) in [5.74, 6) is -0.324. The minimum absolute atomic E-state index is 0.324. The van der Waals surface area contributed by atoms with Gasteiger partial charge in [0.15, 0.2) is 0 Å². The van der Waals surface area contributed by atoms with E-state index in [9.17, 15) is 9.50 Å². The largest absolute Gasteiger partial charge is 0.389 e. The molecule has 0 aliphatic heterocycles. The maximum atomic E-state index is 14.0. The molecule has 1 heterocycles. The zero-order chi connectivity index (χ0) is 13.8. The SMILES string of the molecule is C[C@H](O)c1ccc(N(C)Cc2ccncc2)c(F)c1. The van der Waals surface area contributed by atoms with E-state index in [0.29, 0.717) is 17.8 Å². The third-order valence-electron chi connectivity index (χ3n) is 3.03. The number of hydrogen-bond acceptors (Lipinski definition) is 3. The minimum Gasteiger partial charge on any atom is -0.389 e. The van der Waals surface area contributed by atoms with Crippen LogP contribution < -0.4 is 4.90 Å². The van der Waals surface area contributed by atoms with Gasteiger partial charge in [-0.2, -0.15) is 0 Å². The molecule has 0 saturated carbocycles. The maximum absolute atomic E-state index is 14.0. The molecule has 4 heteroatoms. The van der Waals surface area contributed by atoms with Crippen molar-refractivity contribution in [2.45, 2.75) is 19.6 Å². The second-order valence-electron chi connectivity index (χ2n) is 4.60. The van der Waals surface area contributed by atoms with Crippen LogP contribution in [0.2, 0.25) is 0 Å². The van der Waals surface area contributed by atoms with Gasteiger partial charge in [-0.05, 0) is 42.3 Å². The maximum Gasteiger partial charge on any atom is 0.146 e. The van der Waals surface area contributed by atoms with Gasteiger partial charge in [0.2, 0.25) is 0 Å². The van der Waals surface area contributed by atoms with Crippen LogP contribution in [-0.4, -0.2) is 17.1 Å². The first-order chi connectivity index (χ1) is 9.08. The van der Waals surface area contributed by atoms with Crippen LogP contribution in [0.3, 0.4) is 0 Å². The van der Waals surface area contributed by atoms with E-state index >= 15 is 0 Å². The Balaban J connectivity index is 2.17. The Bertz CT molecular complexity index is 543. The van der Waals surface area contributed by atoms with Crippen molar-refractivity contribution in [2.24, 2.45) is 0 Å². The van der Waals surface area contributed by atoms with Crippen LogP contribution >= 0.6 is 0 Å². The van der Waals surface area contributed by atoms with E-state index in [1.54, 1.807) is 31.5 Å². The van der Waals surface area contributed by atoms with Gasteiger partial charge in [-0.1, -0.05) is 6.07 Å². The summed E-state index contributed by atoms with van der Waals surface area (Å²) in [7, 11) is 1.83. The highest BCUT2D eigenvalue weighted by molar-refractivity contribution is 5.49. The standard InChI is InChI=1S/C15H17FN2O/c1-11(19)13-3-4-15(14(16)9-13)18(2)10-12-5-7-17-8-6-12/h3-9,11,19H,10H2,1-2H3/t11-/m0/s1. The number of aliphatic hydroxyl groups is 1. The Kier molecular flexibility index (Phi) is 4.12. The lowest BCUT2D eigenvalue weighted by Gasteiger charge is -2.20. The summed E-state index contributed by atoms with van der Waals surface area (Å²) in [6.45, 7) is 2.22. The van der Waals surface area contributed by atoms with Crippen molar-refractivity contribution < 1.29 is 9.50 Å². The van der Waals surface area contributed by atoms with E-state index in [4.69, 9.17) is 0 Å². The van der Waals surface area contributed by atoms with Crippen LogP contribution in [0.25, 0.3) is 0 Å². The van der Waals surface area contributed by atoms with Crippen LogP contribution in [0.1, 0.15) is 24.2 Å². The second kappa shape index (κ2) is 5.80. The first-order valence-electron chi connectivity index (χ1n) is 6.15. The summed E-state index contributed by atoms with van der Waals surface area (Å²) in [5, 5.41) is 9.43. The van der Waals surface area contributed by atoms with E-state index in [2.05, 4.69) is 4.98 Å². The number of benzene rings is 1. The average molecular weight is 260 g/mol. The average Bonchev–Trinajstić information content (AvgIpc) is 2.39. The van der Waals surface area contributed by atoms with Gasteiger partial charge in [0.1, 0.15) is 5.82 Å². The molecule has 3 nitrogen and oxygen atoms in total. The number of rotatable bonds is 4. The van der Waals surface area contributed by atoms with Gasteiger partial charge >= 0.3 is 0 Å². The van der Waals surface area contributed by atoms with Crippen molar-refractivity contribution in [3.63, 3.8) is 0 Å². The lowest BCUT2D eigenvalue weighted by Crippen LogP contribution is -2.17. The molecule has 0 aliphatic rings. The predicted octanol–water partition coefficient (Wildman–Crippen LogP) is 2.91. The van der Waals surface area contributed by atoms with E-state index in [1.807, 2.05) is 24.1 Å². The van der Waals surface area contributed by atoms with Gasteiger partial charge < -0.3 is 10.0 Å². The van der Waals surface area contributed by atoms with Gasteiger partial charge in [0, 0.05) is 26.0 Å². The van der Waals surface area contributed by atoms with Crippen molar-refractivity contribution in [3.05, 3.63) is 59.7 Å². The highest BCUT2D eigenvalue weighted by Gasteiger charge is 2.10. The van der Waals surface area contributed by atoms with E-state index in [1.165, 1.54) is 6.07 Å². The highest BCUT2D eigenvalue weighted by atomic mass is 19.1. The van der Waals surface area contributed by atoms with Gasteiger partial charge in [0.05, 0.1) is 11.8 Å². The fourth-order valence-corrected chi connectivity index (χ4v) is 1.94. The van der Waals surface area contributed by atoms with Gasteiger partial charge in [-0.3, -0.25) is 4.98 Å². The van der Waals surface area contributed by atoms with Crippen molar-refractivity contribution in [2.75, 3.05) is 11.9 Å². The quantitative estimate of drug-likeness (QED) is 0.918. The molecule has 1 aromatic carbocycles.